The molecule has 0 bridgehead atoms. The minimum atomic E-state index is -0.148. The van der Waals surface area contributed by atoms with Gasteiger partial charge in [0.15, 0.2) is 0 Å². The summed E-state index contributed by atoms with van der Waals surface area (Å²) in [5.41, 5.74) is 3.37. The average molecular weight is 297 g/mol. The third-order valence-electron chi connectivity index (χ3n) is 2.92. The monoisotopic (exact) mass is 297 g/mol. The first-order valence-electron chi connectivity index (χ1n) is 7.06. The first-order valence-corrected chi connectivity index (χ1v) is 7.06. The maximum atomic E-state index is 5.53. The summed E-state index contributed by atoms with van der Waals surface area (Å²) in [5.74, 6) is 7.69. The molecule has 0 radical (unpaired) electrons. The van der Waals surface area contributed by atoms with Crippen LogP contribution in [0.4, 0.5) is 11.6 Å². The number of methoxy groups -OCH3 is 1. The van der Waals surface area contributed by atoms with E-state index in [2.05, 4.69) is 41.5 Å². The first-order chi connectivity index (χ1) is 9.90. The number of nitrogen functional groups attached to an aromatic ring is 1. The van der Waals surface area contributed by atoms with Gasteiger partial charge < -0.3 is 20.2 Å². The molecule has 7 heteroatoms. The van der Waals surface area contributed by atoms with Gasteiger partial charge in [-0.25, -0.2) is 15.8 Å². The van der Waals surface area contributed by atoms with Crippen molar-refractivity contribution in [1.82, 2.24) is 9.97 Å². The molecule has 0 spiro atoms. The molecule has 0 aliphatic carbocycles. The van der Waals surface area contributed by atoms with Gasteiger partial charge in [0.2, 0.25) is 0 Å². The summed E-state index contributed by atoms with van der Waals surface area (Å²) >= 11 is 0. The normalized spacial score (nSPS) is 11.5. The molecule has 0 fully saturated rings. The lowest BCUT2D eigenvalue weighted by molar-refractivity contribution is 0.0759. The molecule has 1 aromatic rings. The standard InChI is InChI=1S/C14H27N5O2/c1-10-11(16-6-7-21-9-8-20-5)17-13(14(2,3)4)18-12(10)19-15/h6-9,15H2,1-5H3,(H2,16,17,18,19). The van der Waals surface area contributed by atoms with Crippen molar-refractivity contribution in [3.63, 3.8) is 0 Å². The van der Waals surface area contributed by atoms with Crippen LogP contribution >= 0.6 is 0 Å². The van der Waals surface area contributed by atoms with Crippen molar-refractivity contribution >= 4 is 11.6 Å². The van der Waals surface area contributed by atoms with Crippen LogP contribution in [0.5, 0.6) is 0 Å². The molecule has 0 amide bonds. The third-order valence-corrected chi connectivity index (χ3v) is 2.92. The molecule has 4 N–H and O–H groups in total. The zero-order valence-electron chi connectivity index (χ0n) is 13.6. The first kappa shape index (κ1) is 17.6. The zero-order valence-corrected chi connectivity index (χ0v) is 13.6. The molecule has 0 aliphatic heterocycles. The fourth-order valence-electron chi connectivity index (χ4n) is 1.65. The van der Waals surface area contributed by atoms with Crippen LogP contribution in [0, 0.1) is 6.92 Å². The number of hydrogen-bond donors (Lipinski definition) is 3. The van der Waals surface area contributed by atoms with E-state index in [0.29, 0.717) is 32.2 Å². The smallest absolute Gasteiger partial charge is 0.148 e. The van der Waals surface area contributed by atoms with Gasteiger partial charge in [0, 0.05) is 24.6 Å². The number of nitrogens with two attached hydrogens (primary N) is 1. The average Bonchev–Trinajstić information content (AvgIpc) is 2.43. The molecular formula is C14H27N5O2. The Bertz CT molecular complexity index is 446. The van der Waals surface area contributed by atoms with Crippen molar-refractivity contribution in [3.8, 4) is 0 Å². The highest BCUT2D eigenvalue weighted by Gasteiger charge is 2.20. The maximum Gasteiger partial charge on any atom is 0.148 e. The van der Waals surface area contributed by atoms with Gasteiger partial charge in [-0.2, -0.15) is 0 Å². The van der Waals surface area contributed by atoms with Gasteiger partial charge in [0.1, 0.15) is 17.5 Å². The van der Waals surface area contributed by atoms with Crippen LogP contribution in [0.2, 0.25) is 0 Å². The van der Waals surface area contributed by atoms with E-state index in [9.17, 15) is 0 Å². The highest BCUT2D eigenvalue weighted by molar-refractivity contribution is 5.57. The molecular weight excluding hydrogens is 270 g/mol. The van der Waals surface area contributed by atoms with Crippen LogP contribution in [-0.4, -0.2) is 43.4 Å². The lowest BCUT2D eigenvalue weighted by Crippen LogP contribution is -2.22. The van der Waals surface area contributed by atoms with E-state index < -0.39 is 0 Å². The van der Waals surface area contributed by atoms with Crippen LogP contribution in [0.25, 0.3) is 0 Å². The van der Waals surface area contributed by atoms with E-state index in [1.807, 2.05) is 6.92 Å². The Kier molecular flexibility index (Phi) is 6.80. The van der Waals surface area contributed by atoms with Gasteiger partial charge in [-0.3, -0.25) is 0 Å². The molecule has 1 heterocycles. The number of hydrazine groups is 1. The highest BCUT2D eigenvalue weighted by Crippen LogP contribution is 2.25. The Labute approximate surface area is 126 Å². The quantitative estimate of drug-likeness (QED) is 0.380. The van der Waals surface area contributed by atoms with E-state index in [-0.39, 0.29) is 5.41 Å². The summed E-state index contributed by atoms with van der Waals surface area (Å²) in [6.45, 7) is 10.6. The van der Waals surface area contributed by atoms with Crippen LogP contribution < -0.4 is 16.6 Å². The summed E-state index contributed by atoms with van der Waals surface area (Å²) in [5, 5.41) is 3.26. The van der Waals surface area contributed by atoms with Crippen molar-refractivity contribution in [3.05, 3.63) is 11.4 Å². The summed E-state index contributed by atoms with van der Waals surface area (Å²) in [4.78, 5) is 9.04. The van der Waals surface area contributed by atoms with Crippen LogP contribution in [0.15, 0.2) is 0 Å². The summed E-state index contributed by atoms with van der Waals surface area (Å²) in [6, 6.07) is 0. The summed E-state index contributed by atoms with van der Waals surface area (Å²) in [6.07, 6.45) is 0. The maximum absolute atomic E-state index is 5.53. The van der Waals surface area contributed by atoms with Gasteiger partial charge in [-0.05, 0) is 6.92 Å². The van der Waals surface area contributed by atoms with Gasteiger partial charge in [0.05, 0.1) is 19.8 Å². The van der Waals surface area contributed by atoms with Crippen LogP contribution in [0.3, 0.4) is 0 Å². The number of hydrogen-bond acceptors (Lipinski definition) is 7. The molecule has 0 saturated heterocycles. The van der Waals surface area contributed by atoms with E-state index in [1.165, 1.54) is 0 Å². The number of anilines is 2. The van der Waals surface area contributed by atoms with Crippen molar-refractivity contribution in [2.75, 3.05) is 44.2 Å². The fraction of sp³-hybridized carbons (Fsp3) is 0.714. The van der Waals surface area contributed by atoms with E-state index in [1.54, 1.807) is 7.11 Å². The predicted molar refractivity (Wildman–Crippen MR) is 84.5 cm³/mol. The molecule has 120 valence electrons. The van der Waals surface area contributed by atoms with Crippen molar-refractivity contribution in [1.29, 1.82) is 0 Å². The van der Waals surface area contributed by atoms with Crippen molar-refractivity contribution in [2.45, 2.75) is 33.1 Å². The van der Waals surface area contributed by atoms with E-state index in [4.69, 9.17) is 15.3 Å². The highest BCUT2D eigenvalue weighted by atomic mass is 16.5. The molecule has 0 unspecified atom stereocenters. The summed E-state index contributed by atoms with van der Waals surface area (Å²) < 4.78 is 10.3. The molecule has 0 saturated carbocycles. The van der Waals surface area contributed by atoms with Gasteiger partial charge >= 0.3 is 0 Å². The van der Waals surface area contributed by atoms with Crippen LogP contribution in [0.1, 0.15) is 32.2 Å². The predicted octanol–water partition coefficient (Wildman–Crippen LogP) is 1.44. The molecule has 7 nitrogen and oxygen atoms in total. The summed E-state index contributed by atoms with van der Waals surface area (Å²) in [7, 11) is 1.65. The largest absolute Gasteiger partial charge is 0.382 e. The minimum absolute atomic E-state index is 0.148. The van der Waals surface area contributed by atoms with Gasteiger partial charge in [-0.15, -0.1) is 0 Å². The SMILES string of the molecule is COCCOCCNc1nc(C(C)(C)C)nc(NN)c1C. The van der Waals surface area contributed by atoms with E-state index in [0.717, 1.165) is 17.2 Å². The molecule has 21 heavy (non-hydrogen) atoms. The Morgan fingerprint density at radius 2 is 1.76 bits per heavy atom. The number of nitrogens with one attached hydrogen (secondary N) is 2. The molecule has 0 aliphatic rings. The molecule has 1 rings (SSSR count). The number of nitrogens with zero attached hydrogens (tertiary/aromatic N) is 2. The molecule has 0 aromatic carbocycles. The number of aromatic nitrogens is 2. The zero-order chi connectivity index (χ0) is 15.9. The van der Waals surface area contributed by atoms with Crippen molar-refractivity contribution < 1.29 is 9.47 Å². The Balaban J connectivity index is 2.72. The molecule has 1 aromatic heterocycles. The topological polar surface area (TPSA) is 94.3 Å². The number of rotatable bonds is 8. The van der Waals surface area contributed by atoms with E-state index >= 15 is 0 Å². The Morgan fingerprint density at radius 3 is 2.33 bits per heavy atom. The van der Waals surface area contributed by atoms with Crippen molar-refractivity contribution in [2.24, 2.45) is 5.84 Å². The van der Waals surface area contributed by atoms with Gasteiger partial charge in [0.25, 0.3) is 0 Å². The fourth-order valence-corrected chi connectivity index (χ4v) is 1.65. The second-order valence-electron chi connectivity index (χ2n) is 5.80. The lowest BCUT2D eigenvalue weighted by Gasteiger charge is -2.20. The number of ether oxygens (including phenoxy) is 2. The molecule has 0 atom stereocenters. The second-order valence-corrected chi connectivity index (χ2v) is 5.80. The van der Waals surface area contributed by atoms with Crippen LogP contribution in [-0.2, 0) is 14.9 Å². The van der Waals surface area contributed by atoms with Gasteiger partial charge in [-0.1, -0.05) is 20.8 Å². The minimum Gasteiger partial charge on any atom is -0.382 e. The lowest BCUT2D eigenvalue weighted by atomic mass is 9.95. The Morgan fingerprint density at radius 1 is 1.10 bits per heavy atom. The Hall–Kier alpha value is -1.44. The third kappa shape index (κ3) is 5.45. The second kappa shape index (κ2) is 8.11.